The van der Waals surface area contributed by atoms with E-state index in [0.717, 1.165) is 33.5 Å². The van der Waals surface area contributed by atoms with Crippen molar-refractivity contribution < 1.29 is 9.53 Å². The fraction of sp³-hybridized carbons (Fsp3) is 0.238. The smallest absolute Gasteiger partial charge is 0.186 e. The second-order valence-corrected chi connectivity index (χ2v) is 8.47. The number of fused-ring (bicyclic) bond motifs is 1. The number of carbonyl (C=O) groups excluding carboxylic acids is 1. The van der Waals surface area contributed by atoms with Gasteiger partial charge in [-0.1, -0.05) is 49.0 Å². The monoisotopic (exact) mass is 409 g/mol. The molecule has 1 N–H and O–H groups in total. The van der Waals surface area contributed by atoms with Gasteiger partial charge in [-0.15, -0.1) is 21.5 Å². The van der Waals surface area contributed by atoms with Crippen LogP contribution in [0.5, 0.6) is 5.75 Å². The largest absolute Gasteiger partial charge is 0.493 e. The Hall–Kier alpha value is -2.51. The quantitative estimate of drug-likeness (QED) is 0.595. The van der Waals surface area contributed by atoms with E-state index in [4.69, 9.17) is 10.1 Å². The molecule has 0 unspecified atom stereocenters. The van der Waals surface area contributed by atoms with Gasteiger partial charge >= 0.3 is 0 Å². The van der Waals surface area contributed by atoms with Crippen molar-refractivity contribution in [3.63, 3.8) is 0 Å². The first-order valence-corrected chi connectivity index (χ1v) is 10.7. The Kier molecular flexibility index (Phi) is 5.28. The van der Waals surface area contributed by atoms with Crippen LogP contribution >= 0.6 is 23.1 Å². The van der Waals surface area contributed by atoms with Crippen LogP contribution in [0.25, 0.3) is 16.8 Å². The number of ether oxygens (including phenoxy) is 1. The zero-order valence-electron chi connectivity index (χ0n) is 15.6. The molecule has 7 heteroatoms. The molecule has 1 atom stereocenters. The maximum Gasteiger partial charge on any atom is 0.186 e. The summed E-state index contributed by atoms with van der Waals surface area (Å²) in [5.41, 5.74) is 0.871. The van der Waals surface area contributed by atoms with Crippen LogP contribution in [0.1, 0.15) is 35.3 Å². The fourth-order valence-electron chi connectivity index (χ4n) is 3.18. The predicted molar refractivity (Wildman–Crippen MR) is 115 cm³/mol. The van der Waals surface area contributed by atoms with Crippen LogP contribution in [0.4, 0.5) is 0 Å². The van der Waals surface area contributed by atoms with Crippen LogP contribution in [-0.4, -0.2) is 27.6 Å². The second kappa shape index (κ2) is 7.85. The van der Waals surface area contributed by atoms with Crippen LogP contribution in [0, 0.1) is 5.41 Å². The van der Waals surface area contributed by atoms with E-state index in [9.17, 15) is 4.79 Å². The van der Waals surface area contributed by atoms with Gasteiger partial charge < -0.3 is 4.74 Å². The Labute approximate surface area is 171 Å². The molecule has 0 bridgehead atoms. The van der Waals surface area contributed by atoms with Gasteiger partial charge in [-0.3, -0.25) is 10.2 Å². The van der Waals surface area contributed by atoms with E-state index >= 15 is 0 Å². The minimum absolute atomic E-state index is 0.0933. The molecule has 2 aromatic carbocycles. The van der Waals surface area contributed by atoms with E-state index in [1.54, 1.807) is 0 Å². The fourth-order valence-corrected chi connectivity index (χ4v) is 5.11. The maximum absolute atomic E-state index is 13.1. The number of nitrogens with one attached hydrogen (secondary N) is 1. The van der Waals surface area contributed by atoms with E-state index in [2.05, 4.69) is 10.2 Å². The molecule has 142 valence electrons. The van der Waals surface area contributed by atoms with Crippen LogP contribution in [0.3, 0.4) is 0 Å². The lowest BCUT2D eigenvalue weighted by molar-refractivity contribution is -0.114. The van der Waals surface area contributed by atoms with Crippen LogP contribution in [0.15, 0.2) is 41.3 Å². The van der Waals surface area contributed by atoms with Gasteiger partial charge in [0, 0.05) is 5.56 Å². The van der Waals surface area contributed by atoms with Crippen LogP contribution in [0.2, 0.25) is 0 Å². The Morgan fingerprint density at radius 1 is 1.18 bits per heavy atom. The SMILES string of the molecule is CCOc1ccc2ccccc2c1/C=C1\SC(=N)[C@@H](c2nnc(CC)s2)C1=O. The summed E-state index contributed by atoms with van der Waals surface area (Å²) in [6.45, 7) is 4.48. The minimum Gasteiger partial charge on any atom is -0.493 e. The van der Waals surface area contributed by atoms with Crippen molar-refractivity contribution >= 4 is 50.8 Å². The highest BCUT2D eigenvalue weighted by Crippen LogP contribution is 2.43. The lowest BCUT2D eigenvalue weighted by Crippen LogP contribution is -2.11. The standard InChI is InChI=1S/C21H19N3O2S2/c1-3-17-23-24-21(28-17)18-19(25)16(27-20(18)22)11-14-13-8-6-5-7-12(13)9-10-15(14)26-4-2/h5-11,18,22H,3-4H2,1-2H3/b16-11-,22-20?/t18-/m0/s1. The molecule has 1 aliphatic heterocycles. The number of rotatable bonds is 5. The Balaban J connectivity index is 1.78. The van der Waals surface area contributed by atoms with E-state index in [1.165, 1.54) is 23.1 Å². The summed E-state index contributed by atoms with van der Waals surface area (Å²) in [5.74, 6) is 0.00465. The Morgan fingerprint density at radius 2 is 2.00 bits per heavy atom. The number of nitrogens with zero attached hydrogens (tertiary/aromatic N) is 2. The number of benzene rings is 2. The molecule has 4 rings (SSSR count). The highest BCUT2D eigenvalue weighted by Gasteiger charge is 2.39. The number of ketones is 1. The van der Waals surface area contributed by atoms with Crippen molar-refractivity contribution in [2.45, 2.75) is 26.2 Å². The number of carbonyl (C=O) groups is 1. The molecular weight excluding hydrogens is 390 g/mol. The molecule has 0 radical (unpaired) electrons. The molecular formula is C21H19N3O2S2. The second-order valence-electron chi connectivity index (χ2n) is 6.29. The molecule has 5 nitrogen and oxygen atoms in total. The first kappa shape index (κ1) is 18.8. The third kappa shape index (κ3) is 3.36. The molecule has 1 saturated heterocycles. The first-order chi connectivity index (χ1) is 13.6. The summed E-state index contributed by atoms with van der Waals surface area (Å²) >= 11 is 2.61. The summed E-state index contributed by atoms with van der Waals surface area (Å²) < 4.78 is 5.81. The molecule has 1 aliphatic rings. The molecule has 2 heterocycles. The maximum atomic E-state index is 13.1. The number of hydrogen-bond acceptors (Lipinski definition) is 7. The van der Waals surface area contributed by atoms with Gasteiger partial charge in [0.25, 0.3) is 0 Å². The summed E-state index contributed by atoms with van der Waals surface area (Å²) in [7, 11) is 0. The average Bonchev–Trinajstić information content (AvgIpc) is 3.27. The highest BCUT2D eigenvalue weighted by atomic mass is 32.2. The highest BCUT2D eigenvalue weighted by molar-refractivity contribution is 8.19. The van der Waals surface area contributed by atoms with Gasteiger partial charge in [0.05, 0.1) is 16.6 Å². The summed E-state index contributed by atoms with van der Waals surface area (Å²) in [6.07, 6.45) is 2.63. The van der Waals surface area contributed by atoms with Gasteiger partial charge in [0.2, 0.25) is 0 Å². The van der Waals surface area contributed by atoms with Crippen LogP contribution < -0.4 is 4.74 Å². The molecule has 0 amide bonds. The first-order valence-electron chi connectivity index (χ1n) is 9.11. The van der Waals surface area contributed by atoms with Crippen molar-refractivity contribution in [2.75, 3.05) is 6.61 Å². The van der Waals surface area contributed by atoms with E-state index < -0.39 is 5.92 Å². The third-order valence-corrected chi connectivity index (χ3v) is 6.65. The predicted octanol–water partition coefficient (Wildman–Crippen LogP) is 5.07. The number of hydrogen-bond donors (Lipinski definition) is 1. The molecule has 0 spiro atoms. The van der Waals surface area contributed by atoms with Crippen molar-refractivity contribution in [3.8, 4) is 5.75 Å². The normalized spacial score (nSPS) is 18.4. The lowest BCUT2D eigenvalue weighted by Gasteiger charge is -2.11. The molecule has 1 fully saturated rings. The van der Waals surface area contributed by atoms with E-state index in [0.29, 0.717) is 21.6 Å². The van der Waals surface area contributed by atoms with Gasteiger partial charge in [0.15, 0.2) is 5.78 Å². The van der Waals surface area contributed by atoms with Gasteiger partial charge in [-0.05, 0) is 36.3 Å². The third-order valence-electron chi connectivity index (χ3n) is 4.52. The van der Waals surface area contributed by atoms with E-state index in [1.807, 2.05) is 56.3 Å². The minimum atomic E-state index is -0.639. The Bertz CT molecular complexity index is 1100. The number of thioether (sulfide) groups is 1. The molecule has 0 saturated carbocycles. The zero-order chi connectivity index (χ0) is 19.7. The van der Waals surface area contributed by atoms with Gasteiger partial charge in [-0.25, -0.2) is 0 Å². The van der Waals surface area contributed by atoms with E-state index in [-0.39, 0.29) is 5.78 Å². The Morgan fingerprint density at radius 3 is 2.75 bits per heavy atom. The van der Waals surface area contributed by atoms with Crippen molar-refractivity contribution in [1.29, 1.82) is 5.41 Å². The summed E-state index contributed by atoms with van der Waals surface area (Å²) in [6, 6.07) is 12.0. The number of aromatic nitrogens is 2. The lowest BCUT2D eigenvalue weighted by atomic mass is 10.0. The summed E-state index contributed by atoms with van der Waals surface area (Å²) in [5, 5.41) is 20.5. The summed E-state index contributed by atoms with van der Waals surface area (Å²) in [4.78, 5) is 13.6. The number of Topliss-reactive ketones (excluding diaryl/α,β-unsaturated/α-hetero) is 1. The van der Waals surface area contributed by atoms with Gasteiger partial charge in [-0.2, -0.15) is 0 Å². The number of aryl methyl sites for hydroxylation is 1. The molecule has 1 aromatic heterocycles. The molecule has 28 heavy (non-hydrogen) atoms. The van der Waals surface area contributed by atoms with Crippen LogP contribution in [-0.2, 0) is 11.2 Å². The average molecular weight is 410 g/mol. The zero-order valence-corrected chi connectivity index (χ0v) is 17.2. The topological polar surface area (TPSA) is 75.9 Å². The number of allylic oxidation sites excluding steroid dienone is 1. The molecule has 3 aromatic rings. The van der Waals surface area contributed by atoms with Crippen molar-refractivity contribution in [2.24, 2.45) is 0 Å². The van der Waals surface area contributed by atoms with Crippen molar-refractivity contribution in [3.05, 3.63) is 56.9 Å². The van der Waals surface area contributed by atoms with Gasteiger partial charge in [0.1, 0.15) is 21.7 Å². The molecule has 0 aliphatic carbocycles. The van der Waals surface area contributed by atoms with Crippen molar-refractivity contribution in [1.82, 2.24) is 10.2 Å².